The van der Waals surface area contributed by atoms with Crippen LogP contribution in [0.4, 0.5) is 0 Å². The summed E-state index contributed by atoms with van der Waals surface area (Å²) < 4.78 is 32.8. The molecule has 2 unspecified atom stereocenters. The number of unbranched alkanes of at least 4 members (excludes halogenated alkanes) is 15. The summed E-state index contributed by atoms with van der Waals surface area (Å²) in [6.45, 7) is 4.07. The van der Waals surface area contributed by atoms with Gasteiger partial charge in [0.25, 0.3) is 10.1 Å². The topological polar surface area (TPSA) is 74.6 Å². The van der Waals surface area contributed by atoms with Crippen LogP contribution in [0.25, 0.3) is 0 Å². The molecule has 0 aromatic heterocycles. The molecule has 0 aliphatic heterocycles. The molecule has 0 bridgehead atoms. The zero-order valence-corrected chi connectivity index (χ0v) is 20.2. The third kappa shape index (κ3) is 20.9. The Balaban J connectivity index is 3.66. The van der Waals surface area contributed by atoms with Gasteiger partial charge in [0.05, 0.1) is 11.4 Å². The van der Waals surface area contributed by atoms with Gasteiger partial charge in [0.15, 0.2) is 0 Å². The third-order valence-corrected chi connectivity index (χ3v) is 7.26. The van der Waals surface area contributed by atoms with E-state index in [0.717, 1.165) is 51.4 Å². The fourth-order valence-electron chi connectivity index (χ4n) is 4.00. The minimum Gasteiger partial charge on any atom is -0.393 e. The zero-order chi connectivity index (χ0) is 21.8. The molecule has 0 heterocycles. The van der Waals surface area contributed by atoms with Gasteiger partial charge in [-0.15, -0.1) is 0 Å². The summed E-state index contributed by atoms with van der Waals surface area (Å²) in [5.41, 5.74) is 0. The van der Waals surface area contributed by atoms with Gasteiger partial charge in [-0.25, -0.2) is 0 Å². The average Bonchev–Trinajstić information content (AvgIpc) is 2.65. The first-order valence-electron chi connectivity index (χ1n) is 12.5. The zero-order valence-electron chi connectivity index (χ0n) is 19.4. The Hall–Kier alpha value is -0.130. The van der Waals surface area contributed by atoms with E-state index in [1.807, 2.05) is 6.92 Å². The van der Waals surface area contributed by atoms with Gasteiger partial charge in [-0.05, 0) is 26.2 Å². The molecule has 0 fully saturated rings. The number of aliphatic hydroxyl groups is 1. The summed E-state index contributed by atoms with van der Waals surface area (Å²) in [5, 5.41) is 8.66. The quantitative estimate of drug-likeness (QED) is 0.137. The van der Waals surface area contributed by atoms with Gasteiger partial charge >= 0.3 is 0 Å². The minimum absolute atomic E-state index is 0.192. The number of hydrogen-bond acceptors (Lipinski definition) is 3. The van der Waals surface area contributed by atoms with Crippen LogP contribution in [0.3, 0.4) is 0 Å². The first kappa shape index (κ1) is 28.9. The van der Waals surface area contributed by atoms with Crippen molar-refractivity contribution in [1.29, 1.82) is 0 Å². The van der Waals surface area contributed by atoms with Gasteiger partial charge in [0, 0.05) is 0 Å². The monoisotopic (exact) mass is 434 g/mol. The second-order valence-corrected chi connectivity index (χ2v) is 10.7. The molecule has 0 rings (SSSR count). The van der Waals surface area contributed by atoms with Crippen molar-refractivity contribution in [1.82, 2.24) is 0 Å². The van der Waals surface area contributed by atoms with E-state index in [0.29, 0.717) is 12.8 Å². The summed E-state index contributed by atoms with van der Waals surface area (Å²) in [7, 11) is -3.91. The van der Waals surface area contributed by atoms with Gasteiger partial charge in [-0.3, -0.25) is 4.55 Å². The maximum Gasteiger partial charge on any atom is 0.267 e. The van der Waals surface area contributed by atoms with Crippen molar-refractivity contribution in [3.05, 3.63) is 0 Å². The van der Waals surface area contributed by atoms with Crippen LogP contribution in [-0.4, -0.2) is 29.4 Å². The predicted molar refractivity (Wildman–Crippen MR) is 125 cm³/mol. The van der Waals surface area contributed by atoms with Crippen molar-refractivity contribution < 1.29 is 18.1 Å². The Morgan fingerprint density at radius 2 is 0.897 bits per heavy atom. The summed E-state index contributed by atoms with van der Waals surface area (Å²) in [4.78, 5) is 0. The lowest BCUT2D eigenvalue weighted by atomic mass is 10.0. The van der Waals surface area contributed by atoms with Crippen molar-refractivity contribution in [2.75, 3.05) is 0 Å². The van der Waals surface area contributed by atoms with Crippen molar-refractivity contribution in [3.8, 4) is 0 Å². The molecule has 0 aromatic rings. The maximum absolute atomic E-state index is 11.7. The number of aliphatic hydroxyl groups excluding tert-OH is 1. The van der Waals surface area contributed by atoms with Crippen molar-refractivity contribution in [3.63, 3.8) is 0 Å². The summed E-state index contributed by atoms with van der Waals surface area (Å²) in [6, 6.07) is 0. The largest absolute Gasteiger partial charge is 0.393 e. The predicted octanol–water partition coefficient (Wildman–Crippen LogP) is 7.45. The van der Waals surface area contributed by atoms with E-state index in [2.05, 4.69) is 6.92 Å². The number of rotatable bonds is 22. The highest BCUT2D eigenvalue weighted by Gasteiger charge is 2.21. The van der Waals surface area contributed by atoms with E-state index in [9.17, 15) is 18.1 Å². The Labute approximate surface area is 182 Å². The van der Waals surface area contributed by atoms with Crippen LogP contribution in [0, 0.1) is 0 Å². The normalized spacial score (nSPS) is 14.2. The molecule has 0 amide bonds. The van der Waals surface area contributed by atoms with Crippen LogP contribution in [0.2, 0.25) is 0 Å². The van der Waals surface area contributed by atoms with E-state index in [-0.39, 0.29) is 6.10 Å². The van der Waals surface area contributed by atoms with Crippen LogP contribution in [-0.2, 0) is 10.1 Å². The van der Waals surface area contributed by atoms with Crippen molar-refractivity contribution in [2.45, 2.75) is 154 Å². The van der Waals surface area contributed by atoms with Crippen LogP contribution in [0.1, 0.15) is 142 Å². The minimum atomic E-state index is -3.91. The lowest BCUT2D eigenvalue weighted by molar-refractivity contribution is 0.180. The van der Waals surface area contributed by atoms with Crippen molar-refractivity contribution in [2.24, 2.45) is 0 Å². The lowest BCUT2D eigenvalue weighted by Crippen LogP contribution is -2.20. The molecule has 0 aromatic carbocycles. The van der Waals surface area contributed by atoms with Gasteiger partial charge < -0.3 is 5.11 Å². The molecule has 0 spiro atoms. The van der Waals surface area contributed by atoms with E-state index in [4.69, 9.17) is 0 Å². The molecule has 176 valence electrons. The Morgan fingerprint density at radius 3 is 1.21 bits per heavy atom. The molecule has 5 heteroatoms. The SMILES string of the molecule is CCCCCCCCCCCCC(CCCCCCCCCC(C)O)S(=O)(=O)O. The maximum atomic E-state index is 11.7. The Morgan fingerprint density at radius 1 is 0.586 bits per heavy atom. The van der Waals surface area contributed by atoms with E-state index in [1.54, 1.807) is 0 Å². The van der Waals surface area contributed by atoms with E-state index in [1.165, 1.54) is 64.2 Å². The molecule has 0 aliphatic carbocycles. The molecule has 0 saturated carbocycles. The van der Waals surface area contributed by atoms with Crippen LogP contribution >= 0.6 is 0 Å². The third-order valence-electron chi connectivity index (χ3n) is 5.95. The van der Waals surface area contributed by atoms with E-state index >= 15 is 0 Å². The molecule has 29 heavy (non-hydrogen) atoms. The first-order valence-corrected chi connectivity index (χ1v) is 14.0. The lowest BCUT2D eigenvalue weighted by Gasteiger charge is -2.13. The molecule has 0 radical (unpaired) electrons. The van der Waals surface area contributed by atoms with Crippen molar-refractivity contribution >= 4 is 10.1 Å². The smallest absolute Gasteiger partial charge is 0.267 e. The average molecular weight is 435 g/mol. The molecule has 2 atom stereocenters. The van der Waals surface area contributed by atoms with Gasteiger partial charge in [0.1, 0.15) is 0 Å². The fraction of sp³-hybridized carbons (Fsp3) is 1.00. The molecular weight excluding hydrogens is 384 g/mol. The molecular formula is C24H50O4S. The Kier molecular flexibility index (Phi) is 19.7. The fourth-order valence-corrected chi connectivity index (χ4v) is 4.93. The highest BCUT2D eigenvalue weighted by Crippen LogP contribution is 2.19. The van der Waals surface area contributed by atoms with Gasteiger partial charge in [-0.1, -0.05) is 116 Å². The van der Waals surface area contributed by atoms with Gasteiger partial charge in [0.2, 0.25) is 0 Å². The standard InChI is InChI=1S/C24H50O4S/c1-3-4-5-6-7-8-9-12-15-18-21-24(29(26,27)28)22-19-16-13-10-11-14-17-20-23(2)25/h23-25H,3-22H2,1-2H3,(H,26,27,28). The van der Waals surface area contributed by atoms with Crippen LogP contribution in [0.15, 0.2) is 0 Å². The second kappa shape index (κ2) is 19.8. The highest BCUT2D eigenvalue weighted by molar-refractivity contribution is 7.86. The highest BCUT2D eigenvalue weighted by atomic mass is 32.2. The van der Waals surface area contributed by atoms with E-state index < -0.39 is 15.4 Å². The molecule has 4 nitrogen and oxygen atoms in total. The molecule has 2 N–H and O–H groups in total. The van der Waals surface area contributed by atoms with Crippen LogP contribution in [0.5, 0.6) is 0 Å². The van der Waals surface area contributed by atoms with Gasteiger partial charge in [-0.2, -0.15) is 8.42 Å². The summed E-state index contributed by atoms with van der Waals surface area (Å²) in [5.74, 6) is 0. The molecule has 0 aliphatic rings. The Bertz CT molecular complexity index is 434. The number of hydrogen-bond donors (Lipinski definition) is 2. The summed E-state index contributed by atoms with van der Waals surface area (Å²) >= 11 is 0. The first-order chi connectivity index (χ1) is 13.9. The summed E-state index contributed by atoms with van der Waals surface area (Å²) in [6.07, 6.45) is 21.9. The second-order valence-electron chi connectivity index (χ2n) is 9.01. The van der Waals surface area contributed by atoms with Crippen LogP contribution < -0.4 is 0 Å². The molecule has 0 saturated heterocycles.